The van der Waals surface area contributed by atoms with Crippen molar-refractivity contribution < 1.29 is 24.0 Å². The third kappa shape index (κ3) is 4.30. The first-order chi connectivity index (χ1) is 11.4. The van der Waals surface area contributed by atoms with Crippen LogP contribution >= 0.6 is 11.6 Å². The highest BCUT2D eigenvalue weighted by Gasteiger charge is 2.16. The van der Waals surface area contributed by atoms with E-state index in [1.807, 2.05) is 0 Å². The molecule has 0 saturated carbocycles. The topological polar surface area (TPSA) is 95.7 Å². The molecule has 0 N–H and O–H groups in total. The minimum Gasteiger partial charge on any atom is -0.457 e. The Hall–Kier alpha value is -2.93. The third-order valence-corrected chi connectivity index (χ3v) is 3.32. The predicted molar refractivity (Wildman–Crippen MR) is 85.0 cm³/mol. The Kier molecular flexibility index (Phi) is 5.49. The van der Waals surface area contributed by atoms with Crippen LogP contribution in [0.2, 0.25) is 5.02 Å². The Bertz CT molecular complexity index is 805. The van der Waals surface area contributed by atoms with E-state index in [-0.39, 0.29) is 28.6 Å². The number of carbonyl (C=O) groups excluding carboxylic acids is 2. The van der Waals surface area contributed by atoms with E-state index in [0.29, 0.717) is 5.56 Å². The van der Waals surface area contributed by atoms with E-state index >= 15 is 0 Å². The van der Waals surface area contributed by atoms with Gasteiger partial charge in [0.2, 0.25) is 0 Å². The highest BCUT2D eigenvalue weighted by atomic mass is 35.5. The molecule has 0 aliphatic heterocycles. The zero-order chi connectivity index (χ0) is 17.7. The number of benzene rings is 2. The summed E-state index contributed by atoms with van der Waals surface area (Å²) in [6.45, 7) is 1.04. The SMILES string of the molecule is CC(=O)Oc1ccccc1C(=O)OCc1ccc([N+](=O)[O-])cc1Cl. The fourth-order valence-electron chi connectivity index (χ4n) is 1.87. The molecule has 2 aromatic carbocycles. The van der Waals surface area contributed by atoms with Crippen molar-refractivity contribution in [2.75, 3.05) is 0 Å². The van der Waals surface area contributed by atoms with Gasteiger partial charge in [0.25, 0.3) is 5.69 Å². The lowest BCUT2D eigenvalue weighted by Gasteiger charge is -2.09. The lowest BCUT2D eigenvalue weighted by molar-refractivity contribution is -0.384. The maximum absolute atomic E-state index is 12.1. The first-order valence-corrected chi connectivity index (χ1v) is 7.13. The van der Waals surface area contributed by atoms with Crippen LogP contribution in [0.5, 0.6) is 5.75 Å². The number of nitro benzene ring substituents is 1. The Morgan fingerprint density at radius 2 is 1.92 bits per heavy atom. The first-order valence-electron chi connectivity index (χ1n) is 6.76. The van der Waals surface area contributed by atoms with Crippen LogP contribution in [0.15, 0.2) is 42.5 Å². The highest BCUT2D eigenvalue weighted by Crippen LogP contribution is 2.24. The largest absolute Gasteiger partial charge is 0.457 e. The molecule has 7 nitrogen and oxygen atoms in total. The molecule has 0 fully saturated rings. The number of halogens is 1. The fourth-order valence-corrected chi connectivity index (χ4v) is 2.10. The zero-order valence-electron chi connectivity index (χ0n) is 12.5. The molecule has 2 rings (SSSR count). The van der Waals surface area contributed by atoms with E-state index < -0.39 is 16.9 Å². The van der Waals surface area contributed by atoms with Crippen LogP contribution in [0, 0.1) is 10.1 Å². The van der Waals surface area contributed by atoms with Crippen molar-refractivity contribution in [1.82, 2.24) is 0 Å². The Labute approximate surface area is 141 Å². The van der Waals surface area contributed by atoms with Crippen molar-refractivity contribution >= 4 is 29.2 Å². The van der Waals surface area contributed by atoms with Crippen molar-refractivity contribution in [2.24, 2.45) is 0 Å². The van der Waals surface area contributed by atoms with Crippen LogP contribution in [0.25, 0.3) is 0 Å². The molecule has 0 radical (unpaired) electrons. The molecule has 0 aliphatic carbocycles. The molecule has 124 valence electrons. The number of hydrogen-bond acceptors (Lipinski definition) is 6. The molecule has 0 aliphatic rings. The summed E-state index contributed by atoms with van der Waals surface area (Å²) < 4.78 is 10.1. The number of rotatable bonds is 5. The molecule has 0 bridgehead atoms. The standard InChI is InChI=1S/C16H12ClNO6/c1-10(19)24-15-5-3-2-4-13(15)16(20)23-9-11-6-7-12(18(21)22)8-14(11)17/h2-8H,9H2,1H3. The quantitative estimate of drug-likeness (QED) is 0.354. The summed E-state index contributed by atoms with van der Waals surface area (Å²) in [5.74, 6) is -1.18. The summed E-state index contributed by atoms with van der Waals surface area (Å²) in [4.78, 5) is 33.3. The Morgan fingerprint density at radius 1 is 1.21 bits per heavy atom. The smallest absolute Gasteiger partial charge is 0.342 e. The second-order valence-corrected chi connectivity index (χ2v) is 5.11. The molecular formula is C16H12ClNO6. The Balaban J connectivity index is 2.11. The average Bonchev–Trinajstić information content (AvgIpc) is 2.53. The van der Waals surface area contributed by atoms with Crippen LogP contribution in [0.4, 0.5) is 5.69 Å². The summed E-state index contributed by atoms with van der Waals surface area (Å²) >= 11 is 5.94. The van der Waals surface area contributed by atoms with Crippen molar-refractivity contribution in [1.29, 1.82) is 0 Å². The van der Waals surface area contributed by atoms with Gasteiger partial charge in [-0.15, -0.1) is 0 Å². The van der Waals surface area contributed by atoms with Gasteiger partial charge < -0.3 is 9.47 Å². The number of nitrogens with zero attached hydrogens (tertiary/aromatic N) is 1. The van der Waals surface area contributed by atoms with Crippen molar-refractivity contribution in [3.05, 3.63) is 68.7 Å². The lowest BCUT2D eigenvalue weighted by Crippen LogP contribution is -2.10. The lowest BCUT2D eigenvalue weighted by atomic mass is 10.2. The normalized spacial score (nSPS) is 10.1. The maximum Gasteiger partial charge on any atom is 0.342 e. The van der Waals surface area contributed by atoms with E-state index in [1.54, 1.807) is 12.1 Å². The third-order valence-electron chi connectivity index (χ3n) is 2.97. The van der Waals surface area contributed by atoms with E-state index in [9.17, 15) is 19.7 Å². The molecule has 2 aromatic rings. The number of ether oxygens (including phenoxy) is 2. The second kappa shape index (κ2) is 7.56. The molecular weight excluding hydrogens is 338 g/mol. The summed E-state index contributed by atoms with van der Waals surface area (Å²) in [6, 6.07) is 9.99. The van der Waals surface area contributed by atoms with E-state index in [4.69, 9.17) is 21.1 Å². The van der Waals surface area contributed by atoms with Crippen LogP contribution in [0.3, 0.4) is 0 Å². The maximum atomic E-state index is 12.1. The summed E-state index contributed by atoms with van der Waals surface area (Å²) in [7, 11) is 0. The Morgan fingerprint density at radius 3 is 2.54 bits per heavy atom. The van der Waals surface area contributed by atoms with Crippen LogP contribution in [-0.4, -0.2) is 16.9 Å². The molecule has 0 unspecified atom stereocenters. The minimum atomic E-state index is -0.707. The number of esters is 2. The molecule has 0 spiro atoms. The van der Waals surface area contributed by atoms with Gasteiger partial charge >= 0.3 is 11.9 Å². The first kappa shape index (κ1) is 17.4. The predicted octanol–water partition coefficient (Wildman–Crippen LogP) is 3.53. The molecule has 24 heavy (non-hydrogen) atoms. The number of carbonyl (C=O) groups is 2. The fraction of sp³-hybridized carbons (Fsp3) is 0.125. The van der Waals surface area contributed by atoms with E-state index in [1.165, 1.54) is 37.3 Å². The monoisotopic (exact) mass is 349 g/mol. The van der Waals surface area contributed by atoms with Gasteiger partial charge in [-0.05, 0) is 18.2 Å². The van der Waals surface area contributed by atoms with Gasteiger partial charge in [0.15, 0.2) is 0 Å². The van der Waals surface area contributed by atoms with Gasteiger partial charge in [-0.25, -0.2) is 4.79 Å². The van der Waals surface area contributed by atoms with Gasteiger partial charge in [-0.2, -0.15) is 0 Å². The van der Waals surface area contributed by atoms with Gasteiger partial charge in [0.05, 0.1) is 9.95 Å². The number of non-ortho nitro benzene ring substituents is 1. The van der Waals surface area contributed by atoms with Crippen molar-refractivity contribution in [3.63, 3.8) is 0 Å². The number of para-hydroxylation sites is 1. The van der Waals surface area contributed by atoms with Gasteiger partial charge in [-0.3, -0.25) is 14.9 Å². The zero-order valence-corrected chi connectivity index (χ0v) is 13.3. The van der Waals surface area contributed by atoms with E-state index in [0.717, 1.165) is 0 Å². The molecule has 8 heteroatoms. The number of hydrogen-bond donors (Lipinski definition) is 0. The van der Waals surface area contributed by atoms with Crippen molar-refractivity contribution in [3.8, 4) is 5.75 Å². The van der Waals surface area contributed by atoms with Crippen LogP contribution < -0.4 is 4.74 Å². The van der Waals surface area contributed by atoms with E-state index in [2.05, 4.69) is 0 Å². The van der Waals surface area contributed by atoms with Gasteiger partial charge in [0.1, 0.15) is 17.9 Å². The van der Waals surface area contributed by atoms with Gasteiger partial charge in [0, 0.05) is 24.6 Å². The highest BCUT2D eigenvalue weighted by molar-refractivity contribution is 6.31. The number of nitro groups is 1. The summed E-state index contributed by atoms with van der Waals surface area (Å²) in [5, 5.41) is 10.8. The molecule has 0 atom stereocenters. The molecule has 0 amide bonds. The molecule has 0 aromatic heterocycles. The van der Waals surface area contributed by atoms with Gasteiger partial charge in [-0.1, -0.05) is 23.7 Å². The van der Waals surface area contributed by atoms with Crippen LogP contribution in [0.1, 0.15) is 22.8 Å². The van der Waals surface area contributed by atoms with Crippen molar-refractivity contribution in [2.45, 2.75) is 13.5 Å². The van der Waals surface area contributed by atoms with Crippen LogP contribution in [-0.2, 0) is 16.1 Å². The molecule has 0 heterocycles. The molecule has 0 saturated heterocycles. The minimum absolute atomic E-state index is 0.0878. The average molecular weight is 350 g/mol. The summed E-state index contributed by atoms with van der Waals surface area (Å²) in [5.41, 5.74) is 0.349. The summed E-state index contributed by atoms with van der Waals surface area (Å²) in [6.07, 6.45) is 0. The second-order valence-electron chi connectivity index (χ2n) is 4.70.